The van der Waals surface area contributed by atoms with Crippen molar-refractivity contribution in [2.24, 2.45) is 5.92 Å². The largest absolute Gasteiger partial charge is 0.496 e. The van der Waals surface area contributed by atoms with Crippen molar-refractivity contribution in [3.05, 3.63) is 47.9 Å². The van der Waals surface area contributed by atoms with Crippen LogP contribution in [0.25, 0.3) is 0 Å². The minimum absolute atomic E-state index is 0.0318. The third-order valence-corrected chi connectivity index (χ3v) is 3.39. The third kappa shape index (κ3) is 4.84. The quantitative estimate of drug-likeness (QED) is 0.760. The maximum atomic E-state index is 11.8. The van der Waals surface area contributed by atoms with E-state index in [1.807, 2.05) is 18.2 Å². The maximum absolute atomic E-state index is 11.8. The van der Waals surface area contributed by atoms with Gasteiger partial charge in [-0.15, -0.1) is 0 Å². The zero-order valence-electron chi connectivity index (χ0n) is 12.7. The van der Waals surface area contributed by atoms with Gasteiger partial charge in [0.2, 0.25) is 5.91 Å². The van der Waals surface area contributed by atoms with Gasteiger partial charge in [0, 0.05) is 12.6 Å². The summed E-state index contributed by atoms with van der Waals surface area (Å²) in [5.74, 6) is -1.39. The van der Waals surface area contributed by atoms with Crippen molar-refractivity contribution in [2.75, 3.05) is 13.7 Å². The number of para-hydroxylation sites is 1. The van der Waals surface area contributed by atoms with Gasteiger partial charge < -0.3 is 19.7 Å². The Bertz CT molecular complexity index is 654. The van der Waals surface area contributed by atoms with Crippen LogP contribution in [-0.4, -0.2) is 35.8 Å². The Morgan fingerprint density at radius 2 is 2.13 bits per heavy atom. The molecule has 0 aliphatic heterocycles. The molecule has 0 saturated carbocycles. The van der Waals surface area contributed by atoms with Crippen LogP contribution in [0.1, 0.15) is 11.3 Å². The van der Waals surface area contributed by atoms with Gasteiger partial charge in [-0.05, 0) is 18.1 Å². The van der Waals surface area contributed by atoms with E-state index in [9.17, 15) is 14.7 Å². The van der Waals surface area contributed by atoms with E-state index in [4.69, 9.17) is 4.74 Å². The predicted octanol–water partition coefficient (Wildman–Crippen LogP) is 1.29. The number of ether oxygens (including phenoxy) is 1. The second-order valence-electron chi connectivity index (χ2n) is 5.02. The van der Waals surface area contributed by atoms with Gasteiger partial charge in [-0.2, -0.15) is 0 Å². The molecule has 0 spiro atoms. The monoisotopic (exact) mass is 318 g/mol. The molecule has 0 saturated heterocycles. The molecule has 1 heterocycles. The first kappa shape index (κ1) is 16.5. The molecule has 1 unspecified atom stereocenters. The molecule has 122 valence electrons. The smallest absolute Gasteiger partial charge is 0.308 e. The molecule has 23 heavy (non-hydrogen) atoms. The van der Waals surface area contributed by atoms with Crippen LogP contribution in [0.3, 0.4) is 0 Å². The van der Waals surface area contributed by atoms with Crippen molar-refractivity contribution in [1.82, 2.24) is 10.5 Å². The lowest BCUT2D eigenvalue weighted by Gasteiger charge is -2.15. The van der Waals surface area contributed by atoms with Gasteiger partial charge >= 0.3 is 5.97 Å². The molecule has 2 rings (SSSR count). The number of aromatic nitrogens is 1. The van der Waals surface area contributed by atoms with Crippen molar-refractivity contribution in [3.8, 4) is 5.75 Å². The molecule has 7 nitrogen and oxygen atoms in total. The van der Waals surface area contributed by atoms with Crippen molar-refractivity contribution >= 4 is 11.9 Å². The minimum Gasteiger partial charge on any atom is -0.496 e. The van der Waals surface area contributed by atoms with E-state index in [0.717, 1.165) is 5.56 Å². The summed E-state index contributed by atoms with van der Waals surface area (Å²) in [4.78, 5) is 23.2. The van der Waals surface area contributed by atoms with Crippen LogP contribution < -0.4 is 10.1 Å². The molecule has 0 aliphatic carbocycles. The zero-order chi connectivity index (χ0) is 16.7. The summed E-state index contributed by atoms with van der Waals surface area (Å²) in [7, 11) is 1.54. The van der Waals surface area contributed by atoms with Crippen LogP contribution in [0, 0.1) is 5.92 Å². The number of nitrogens with one attached hydrogen (secondary N) is 1. The number of benzene rings is 1. The lowest BCUT2D eigenvalue weighted by molar-refractivity contribution is -0.141. The van der Waals surface area contributed by atoms with Crippen molar-refractivity contribution in [3.63, 3.8) is 0 Å². The highest BCUT2D eigenvalue weighted by atomic mass is 16.5. The van der Waals surface area contributed by atoms with E-state index in [-0.39, 0.29) is 25.3 Å². The van der Waals surface area contributed by atoms with E-state index in [0.29, 0.717) is 11.4 Å². The number of carboxylic acids is 1. The molecule has 7 heteroatoms. The van der Waals surface area contributed by atoms with Crippen LogP contribution >= 0.6 is 0 Å². The lowest BCUT2D eigenvalue weighted by Crippen LogP contribution is -2.35. The fourth-order valence-corrected chi connectivity index (χ4v) is 2.18. The Hall–Kier alpha value is -2.83. The third-order valence-electron chi connectivity index (χ3n) is 3.39. The number of aliphatic carboxylic acids is 1. The lowest BCUT2D eigenvalue weighted by atomic mass is 9.98. The second-order valence-corrected chi connectivity index (χ2v) is 5.02. The number of hydrogen-bond acceptors (Lipinski definition) is 5. The first-order chi connectivity index (χ1) is 11.1. The Morgan fingerprint density at radius 3 is 2.78 bits per heavy atom. The van der Waals surface area contributed by atoms with Crippen LogP contribution in [0.2, 0.25) is 0 Å². The molecule has 2 N–H and O–H groups in total. The Balaban J connectivity index is 1.93. The normalized spacial score (nSPS) is 11.7. The molecule has 1 amide bonds. The van der Waals surface area contributed by atoms with Crippen LogP contribution in [0.4, 0.5) is 0 Å². The first-order valence-corrected chi connectivity index (χ1v) is 7.10. The van der Waals surface area contributed by atoms with Gasteiger partial charge in [0.15, 0.2) is 0 Å². The Labute approximate surface area is 133 Å². The van der Waals surface area contributed by atoms with E-state index < -0.39 is 11.9 Å². The molecule has 0 radical (unpaired) electrons. The van der Waals surface area contributed by atoms with Crippen LogP contribution in [0.15, 0.2) is 41.1 Å². The standard InChI is InChI=1S/C16H18N2O5/c1-22-14-5-3-2-4-11(14)8-12(16(20)21)10-17-15(19)9-13-6-7-23-18-13/h2-7,12H,8-10H2,1H3,(H,17,19)(H,20,21). The molecule has 2 aromatic rings. The van der Waals surface area contributed by atoms with Gasteiger partial charge in [-0.3, -0.25) is 9.59 Å². The molecular formula is C16H18N2O5. The minimum atomic E-state index is -0.974. The molecule has 0 fully saturated rings. The van der Waals surface area contributed by atoms with E-state index >= 15 is 0 Å². The SMILES string of the molecule is COc1ccccc1CC(CNC(=O)Cc1ccon1)C(=O)O. The Morgan fingerprint density at radius 1 is 1.35 bits per heavy atom. The van der Waals surface area contributed by atoms with Gasteiger partial charge in [-0.1, -0.05) is 23.4 Å². The molecule has 1 atom stereocenters. The number of methoxy groups -OCH3 is 1. The van der Waals surface area contributed by atoms with E-state index in [1.165, 1.54) is 13.4 Å². The predicted molar refractivity (Wildman–Crippen MR) is 81.0 cm³/mol. The highest BCUT2D eigenvalue weighted by Crippen LogP contribution is 2.21. The second kappa shape index (κ2) is 7.98. The number of carboxylic acid groups (broad SMARTS) is 1. The topological polar surface area (TPSA) is 102 Å². The van der Waals surface area contributed by atoms with Crippen LogP contribution in [0.5, 0.6) is 5.75 Å². The Kier molecular flexibility index (Phi) is 5.74. The summed E-state index contributed by atoms with van der Waals surface area (Å²) in [6.45, 7) is 0.0318. The fraction of sp³-hybridized carbons (Fsp3) is 0.312. The van der Waals surface area contributed by atoms with E-state index in [2.05, 4.69) is 15.0 Å². The summed E-state index contributed by atoms with van der Waals surface area (Å²) in [6, 6.07) is 8.81. The maximum Gasteiger partial charge on any atom is 0.308 e. The van der Waals surface area contributed by atoms with Crippen molar-refractivity contribution in [1.29, 1.82) is 0 Å². The molecule has 0 bridgehead atoms. The number of carbonyl (C=O) groups is 2. The number of rotatable bonds is 8. The molecule has 0 aliphatic rings. The van der Waals surface area contributed by atoms with Crippen molar-refractivity contribution in [2.45, 2.75) is 12.8 Å². The summed E-state index contributed by atoms with van der Waals surface area (Å²) in [6.07, 6.45) is 1.70. The first-order valence-electron chi connectivity index (χ1n) is 7.10. The summed E-state index contributed by atoms with van der Waals surface area (Å²) < 4.78 is 9.87. The fourth-order valence-electron chi connectivity index (χ4n) is 2.18. The van der Waals surface area contributed by atoms with Gasteiger partial charge in [0.25, 0.3) is 0 Å². The summed E-state index contributed by atoms with van der Waals surface area (Å²) in [5, 5.41) is 15.6. The zero-order valence-corrected chi connectivity index (χ0v) is 12.7. The average molecular weight is 318 g/mol. The van der Waals surface area contributed by atoms with Gasteiger partial charge in [-0.25, -0.2) is 0 Å². The number of amides is 1. The summed E-state index contributed by atoms with van der Waals surface area (Å²) >= 11 is 0. The number of hydrogen-bond donors (Lipinski definition) is 2. The van der Waals surface area contributed by atoms with Gasteiger partial charge in [0.05, 0.1) is 25.1 Å². The highest BCUT2D eigenvalue weighted by molar-refractivity contribution is 5.79. The number of carbonyl (C=O) groups excluding carboxylic acids is 1. The van der Waals surface area contributed by atoms with Crippen LogP contribution in [-0.2, 0) is 22.4 Å². The summed E-state index contributed by atoms with van der Waals surface area (Å²) in [5.41, 5.74) is 1.28. The molecule has 1 aromatic heterocycles. The van der Waals surface area contributed by atoms with E-state index in [1.54, 1.807) is 12.1 Å². The average Bonchev–Trinajstić information content (AvgIpc) is 3.04. The highest BCUT2D eigenvalue weighted by Gasteiger charge is 2.21. The molecular weight excluding hydrogens is 300 g/mol. The number of nitrogens with zero attached hydrogens (tertiary/aromatic N) is 1. The van der Waals surface area contributed by atoms with Gasteiger partial charge in [0.1, 0.15) is 12.0 Å². The van der Waals surface area contributed by atoms with Crippen molar-refractivity contribution < 1.29 is 24.0 Å². The molecule has 1 aromatic carbocycles.